The number of ether oxygens (including phenoxy) is 1. The number of nitrogens with one attached hydrogen (secondary N) is 1. The van der Waals surface area contributed by atoms with Crippen molar-refractivity contribution in [2.45, 2.75) is 39.2 Å². The lowest BCUT2D eigenvalue weighted by Crippen LogP contribution is -2.36. The standard InChI is InChI=1S/C28H36N6O2/c1-6-10-24(12-15-31-28(35)27-17-25(13-16-30-27)22(4)7-2)18-32-33-21-34(8-3)23(5)20-36-26-11-9-14-29-19-26/h6-7,9,11-19,21-24H,1-2,8,10,20H2,3-5H3,(H,31,35)/b15-12+,32-18+,33-21-. The maximum absolute atomic E-state index is 12.5. The maximum atomic E-state index is 12.5. The van der Waals surface area contributed by atoms with E-state index >= 15 is 0 Å². The lowest BCUT2D eigenvalue weighted by Gasteiger charge is -2.25. The van der Waals surface area contributed by atoms with Gasteiger partial charge in [-0.2, -0.15) is 5.10 Å². The summed E-state index contributed by atoms with van der Waals surface area (Å²) in [6.45, 7) is 15.0. The van der Waals surface area contributed by atoms with Crippen LogP contribution in [0.5, 0.6) is 5.75 Å². The van der Waals surface area contributed by atoms with E-state index in [0.717, 1.165) is 17.9 Å². The molecule has 3 atom stereocenters. The second-order valence-corrected chi connectivity index (χ2v) is 8.19. The van der Waals surface area contributed by atoms with E-state index in [2.05, 4.69) is 45.6 Å². The van der Waals surface area contributed by atoms with Crippen LogP contribution in [-0.4, -0.2) is 52.5 Å². The van der Waals surface area contributed by atoms with Gasteiger partial charge in [-0.3, -0.25) is 14.8 Å². The molecule has 8 nitrogen and oxygen atoms in total. The molecular formula is C28H36N6O2. The van der Waals surface area contributed by atoms with Crippen molar-refractivity contribution in [3.8, 4) is 5.75 Å². The summed E-state index contributed by atoms with van der Waals surface area (Å²) in [6, 6.07) is 7.47. The molecular weight excluding hydrogens is 452 g/mol. The van der Waals surface area contributed by atoms with Gasteiger partial charge in [0.1, 0.15) is 24.4 Å². The minimum atomic E-state index is -0.280. The van der Waals surface area contributed by atoms with Gasteiger partial charge in [-0.05, 0) is 56.0 Å². The Labute approximate surface area is 214 Å². The van der Waals surface area contributed by atoms with Crippen LogP contribution in [0.1, 0.15) is 49.2 Å². The van der Waals surface area contributed by atoms with Gasteiger partial charge in [0.05, 0.1) is 12.2 Å². The normalized spacial score (nSPS) is 14.0. The summed E-state index contributed by atoms with van der Waals surface area (Å²) in [7, 11) is 0. The highest BCUT2D eigenvalue weighted by atomic mass is 16.5. The minimum absolute atomic E-state index is 0.0681. The number of amides is 1. The highest BCUT2D eigenvalue weighted by Gasteiger charge is 2.10. The number of hydrogen-bond acceptors (Lipinski definition) is 6. The average Bonchev–Trinajstić information content (AvgIpc) is 2.91. The molecule has 0 aliphatic carbocycles. The van der Waals surface area contributed by atoms with E-state index in [1.165, 1.54) is 0 Å². The largest absolute Gasteiger partial charge is 0.490 e. The number of nitrogens with zero attached hydrogens (tertiary/aromatic N) is 5. The first-order chi connectivity index (χ1) is 17.5. The molecule has 2 aromatic rings. The maximum Gasteiger partial charge on any atom is 0.273 e. The Morgan fingerprint density at radius 1 is 1.25 bits per heavy atom. The van der Waals surface area contributed by atoms with Crippen LogP contribution in [0.2, 0.25) is 0 Å². The first-order valence-electron chi connectivity index (χ1n) is 12.0. The number of pyridine rings is 2. The summed E-state index contributed by atoms with van der Waals surface area (Å²) < 4.78 is 5.78. The van der Waals surface area contributed by atoms with Crippen molar-refractivity contribution in [1.82, 2.24) is 20.2 Å². The highest BCUT2D eigenvalue weighted by molar-refractivity contribution is 5.93. The Bertz CT molecular complexity index is 1050. The average molecular weight is 489 g/mol. The molecule has 1 amide bonds. The Morgan fingerprint density at radius 3 is 2.78 bits per heavy atom. The van der Waals surface area contributed by atoms with Crippen LogP contribution in [0.3, 0.4) is 0 Å². The lowest BCUT2D eigenvalue weighted by molar-refractivity contribution is 0.0965. The van der Waals surface area contributed by atoms with Gasteiger partial charge in [0.2, 0.25) is 0 Å². The van der Waals surface area contributed by atoms with Crippen LogP contribution in [0, 0.1) is 5.92 Å². The van der Waals surface area contributed by atoms with Gasteiger partial charge < -0.3 is 15.0 Å². The lowest BCUT2D eigenvalue weighted by atomic mass is 10.0. The number of rotatable bonds is 15. The van der Waals surface area contributed by atoms with Gasteiger partial charge in [-0.25, -0.2) is 0 Å². The third kappa shape index (κ3) is 9.66. The molecule has 0 spiro atoms. The van der Waals surface area contributed by atoms with Gasteiger partial charge in [-0.15, -0.1) is 18.3 Å². The SMILES string of the molecule is C=CCC(/C=C/NC(=O)c1cc(C(C)C=C)ccn1)/C=N/N=C\N(CC)C(C)COc1cccnc1. The molecule has 0 radical (unpaired) electrons. The van der Waals surface area contributed by atoms with Crippen molar-refractivity contribution >= 4 is 18.5 Å². The molecule has 2 aromatic heterocycles. The van der Waals surface area contributed by atoms with Gasteiger partial charge in [0.15, 0.2) is 0 Å². The van der Waals surface area contributed by atoms with Gasteiger partial charge >= 0.3 is 0 Å². The van der Waals surface area contributed by atoms with E-state index in [1.54, 1.807) is 49.5 Å². The predicted octanol–water partition coefficient (Wildman–Crippen LogP) is 5.01. The molecule has 0 aliphatic rings. The Kier molecular flexibility index (Phi) is 12.3. The third-order valence-electron chi connectivity index (χ3n) is 5.47. The third-order valence-corrected chi connectivity index (χ3v) is 5.47. The Balaban J connectivity index is 1.90. The number of allylic oxidation sites excluding steroid dienone is 3. The first kappa shape index (κ1) is 28.2. The molecule has 0 saturated carbocycles. The quantitative estimate of drug-likeness (QED) is 0.165. The number of carbonyl (C=O) groups is 1. The van der Waals surface area contributed by atoms with Crippen LogP contribution < -0.4 is 10.1 Å². The Hall–Kier alpha value is -4.07. The number of carbonyl (C=O) groups excluding carboxylic acids is 1. The second kappa shape index (κ2) is 15.8. The molecule has 0 bridgehead atoms. The predicted molar refractivity (Wildman–Crippen MR) is 146 cm³/mol. The summed E-state index contributed by atoms with van der Waals surface area (Å²) in [5.41, 5.74) is 1.34. The second-order valence-electron chi connectivity index (χ2n) is 8.19. The van der Waals surface area contributed by atoms with E-state index in [-0.39, 0.29) is 23.8 Å². The van der Waals surface area contributed by atoms with Crippen molar-refractivity contribution in [3.63, 3.8) is 0 Å². The monoisotopic (exact) mass is 488 g/mol. The summed E-state index contributed by atoms with van der Waals surface area (Å²) in [4.78, 5) is 22.7. The van der Waals surface area contributed by atoms with E-state index in [0.29, 0.717) is 18.7 Å². The van der Waals surface area contributed by atoms with Crippen molar-refractivity contribution < 1.29 is 9.53 Å². The summed E-state index contributed by atoms with van der Waals surface area (Å²) in [5, 5.41) is 11.2. The van der Waals surface area contributed by atoms with Crippen LogP contribution in [0.4, 0.5) is 0 Å². The Morgan fingerprint density at radius 2 is 2.08 bits per heavy atom. The molecule has 2 heterocycles. The molecule has 0 aliphatic heterocycles. The van der Waals surface area contributed by atoms with E-state index in [4.69, 9.17) is 4.74 Å². The van der Waals surface area contributed by atoms with Crippen molar-refractivity contribution in [2.75, 3.05) is 13.2 Å². The van der Waals surface area contributed by atoms with Crippen molar-refractivity contribution in [2.24, 2.45) is 16.1 Å². The zero-order valence-electron chi connectivity index (χ0n) is 21.3. The number of likely N-dealkylation sites (N-methyl/N-ethyl adjacent to an activating group) is 1. The van der Waals surface area contributed by atoms with Crippen LogP contribution in [0.25, 0.3) is 0 Å². The number of hydrogen-bond donors (Lipinski definition) is 1. The molecule has 8 heteroatoms. The minimum Gasteiger partial charge on any atom is -0.490 e. The fourth-order valence-electron chi connectivity index (χ4n) is 3.17. The molecule has 1 N–H and O–H groups in total. The molecule has 0 saturated heterocycles. The molecule has 36 heavy (non-hydrogen) atoms. The fourth-order valence-corrected chi connectivity index (χ4v) is 3.17. The molecule has 190 valence electrons. The van der Waals surface area contributed by atoms with Crippen LogP contribution in [-0.2, 0) is 0 Å². The van der Waals surface area contributed by atoms with E-state index in [9.17, 15) is 4.79 Å². The highest BCUT2D eigenvalue weighted by Crippen LogP contribution is 2.16. The molecule has 2 rings (SSSR count). The van der Waals surface area contributed by atoms with Crippen LogP contribution >= 0.6 is 0 Å². The summed E-state index contributed by atoms with van der Waals surface area (Å²) >= 11 is 0. The van der Waals surface area contributed by atoms with E-state index < -0.39 is 0 Å². The summed E-state index contributed by atoms with van der Waals surface area (Å²) in [6.07, 6.45) is 16.2. The van der Waals surface area contributed by atoms with Crippen molar-refractivity contribution in [3.05, 3.63) is 91.7 Å². The fraction of sp³-hybridized carbons (Fsp3) is 0.321. The molecule has 0 fully saturated rings. The van der Waals surface area contributed by atoms with E-state index in [1.807, 2.05) is 49.1 Å². The molecule has 3 unspecified atom stereocenters. The van der Waals surface area contributed by atoms with Crippen molar-refractivity contribution in [1.29, 1.82) is 0 Å². The first-order valence-corrected chi connectivity index (χ1v) is 12.0. The zero-order chi connectivity index (χ0) is 26.2. The molecule has 0 aromatic carbocycles. The van der Waals surface area contributed by atoms with Gasteiger partial charge in [0, 0.05) is 37.3 Å². The summed E-state index contributed by atoms with van der Waals surface area (Å²) in [5.74, 6) is 0.527. The van der Waals surface area contributed by atoms with Crippen LogP contribution in [0.15, 0.2) is 90.6 Å². The smallest absolute Gasteiger partial charge is 0.273 e. The zero-order valence-corrected chi connectivity index (χ0v) is 21.3. The van der Waals surface area contributed by atoms with Gasteiger partial charge in [0.25, 0.3) is 5.91 Å². The van der Waals surface area contributed by atoms with Gasteiger partial charge in [-0.1, -0.05) is 25.2 Å². The topological polar surface area (TPSA) is 92.1 Å². The number of aromatic nitrogens is 2.